The van der Waals surface area contributed by atoms with Gasteiger partial charge in [0.25, 0.3) is 0 Å². The number of halogens is 2. The third-order valence-electron chi connectivity index (χ3n) is 5.69. The fraction of sp³-hybridized carbons (Fsp3) is 0.286. The summed E-state index contributed by atoms with van der Waals surface area (Å²) < 4.78 is 14.5. The maximum atomic E-state index is 14.5. The van der Waals surface area contributed by atoms with Crippen molar-refractivity contribution in [1.82, 2.24) is 10.2 Å². The molecule has 0 saturated heterocycles. The molecule has 0 aromatic heterocycles. The Bertz CT molecular complexity index is 1110. The maximum absolute atomic E-state index is 14.5. The zero-order chi connectivity index (χ0) is 24.7. The number of rotatable bonds is 9. The lowest BCUT2D eigenvalue weighted by Gasteiger charge is -2.32. The van der Waals surface area contributed by atoms with E-state index in [1.165, 1.54) is 12.1 Å². The molecule has 2 amide bonds. The molecule has 178 valence electrons. The molecule has 0 spiro atoms. The average Bonchev–Trinajstić information content (AvgIpc) is 2.80. The van der Waals surface area contributed by atoms with Crippen molar-refractivity contribution in [3.63, 3.8) is 0 Å². The minimum absolute atomic E-state index is 0.0952. The first-order valence-corrected chi connectivity index (χ1v) is 11.7. The second-order valence-corrected chi connectivity index (χ2v) is 9.10. The van der Waals surface area contributed by atoms with Crippen LogP contribution in [0.3, 0.4) is 0 Å². The second-order valence-electron chi connectivity index (χ2n) is 8.69. The van der Waals surface area contributed by atoms with E-state index < -0.39 is 11.9 Å². The van der Waals surface area contributed by atoms with Gasteiger partial charge in [0.05, 0.1) is 6.42 Å². The van der Waals surface area contributed by atoms with E-state index in [1.807, 2.05) is 75.4 Å². The molecule has 1 N–H and O–H groups in total. The largest absolute Gasteiger partial charge is 0.352 e. The number of aryl methyl sites for hydroxylation is 1. The van der Waals surface area contributed by atoms with Gasteiger partial charge in [-0.2, -0.15) is 0 Å². The molecule has 4 nitrogen and oxygen atoms in total. The molecular weight excluding hydrogens is 451 g/mol. The smallest absolute Gasteiger partial charge is 0.243 e. The van der Waals surface area contributed by atoms with Crippen molar-refractivity contribution in [2.24, 2.45) is 0 Å². The summed E-state index contributed by atoms with van der Waals surface area (Å²) in [5, 5.41) is 3.14. The third-order valence-corrected chi connectivity index (χ3v) is 6.05. The van der Waals surface area contributed by atoms with Crippen LogP contribution in [0.4, 0.5) is 4.39 Å². The summed E-state index contributed by atoms with van der Waals surface area (Å²) in [6.45, 7) is 5.95. The summed E-state index contributed by atoms with van der Waals surface area (Å²) in [6.07, 6.45) is 0.0969. The SMILES string of the molecule is Cc1ccccc1CN(C(=O)Cc1c(F)cccc1Cl)[C@@H](Cc1ccccc1)C(=O)NC(C)C. The molecular formula is C28H30ClFN2O2. The van der Waals surface area contributed by atoms with Gasteiger partial charge in [-0.05, 0) is 49.6 Å². The van der Waals surface area contributed by atoms with Crippen LogP contribution in [0.5, 0.6) is 0 Å². The van der Waals surface area contributed by atoms with E-state index in [2.05, 4.69) is 5.32 Å². The quantitative estimate of drug-likeness (QED) is 0.440. The van der Waals surface area contributed by atoms with Crippen molar-refractivity contribution >= 4 is 23.4 Å². The Balaban J connectivity index is 2.02. The van der Waals surface area contributed by atoms with Gasteiger partial charge in [0.1, 0.15) is 11.9 Å². The Labute approximate surface area is 205 Å². The van der Waals surface area contributed by atoms with Crippen molar-refractivity contribution in [3.8, 4) is 0 Å². The normalized spacial score (nSPS) is 11.8. The van der Waals surface area contributed by atoms with Crippen LogP contribution in [0.25, 0.3) is 0 Å². The summed E-state index contributed by atoms with van der Waals surface area (Å²) in [4.78, 5) is 28.6. The predicted molar refractivity (Wildman–Crippen MR) is 134 cm³/mol. The van der Waals surface area contributed by atoms with Crippen LogP contribution in [0.2, 0.25) is 5.02 Å². The summed E-state index contributed by atoms with van der Waals surface area (Å²) in [7, 11) is 0. The van der Waals surface area contributed by atoms with Gasteiger partial charge in [0, 0.05) is 29.6 Å². The number of hydrogen-bond donors (Lipinski definition) is 1. The lowest BCUT2D eigenvalue weighted by Crippen LogP contribution is -2.52. The molecule has 0 aliphatic heterocycles. The van der Waals surface area contributed by atoms with E-state index in [0.29, 0.717) is 6.42 Å². The Morgan fingerprint density at radius 2 is 1.65 bits per heavy atom. The molecule has 34 heavy (non-hydrogen) atoms. The van der Waals surface area contributed by atoms with E-state index in [-0.39, 0.29) is 41.4 Å². The fourth-order valence-corrected chi connectivity index (χ4v) is 4.09. The van der Waals surface area contributed by atoms with Gasteiger partial charge in [-0.3, -0.25) is 9.59 Å². The Kier molecular flexibility index (Phi) is 8.83. The van der Waals surface area contributed by atoms with Crippen molar-refractivity contribution in [2.45, 2.75) is 52.2 Å². The van der Waals surface area contributed by atoms with E-state index in [9.17, 15) is 14.0 Å². The number of carbonyl (C=O) groups excluding carboxylic acids is 2. The van der Waals surface area contributed by atoms with Crippen molar-refractivity contribution in [3.05, 3.63) is 106 Å². The minimum atomic E-state index is -0.776. The van der Waals surface area contributed by atoms with E-state index in [1.54, 1.807) is 11.0 Å². The van der Waals surface area contributed by atoms with Crippen LogP contribution in [-0.4, -0.2) is 28.8 Å². The minimum Gasteiger partial charge on any atom is -0.352 e. The zero-order valence-corrected chi connectivity index (χ0v) is 20.5. The monoisotopic (exact) mass is 480 g/mol. The molecule has 0 heterocycles. The lowest BCUT2D eigenvalue weighted by molar-refractivity contribution is -0.141. The molecule has 0 aliphatic carbocycles. The highest BCUT2D eigenvalue weighted by atomic mass is 35.5. The molecule has 3 aromatic carbocycles. The van der Waals surface area contributed by atoms with Crippen LogP contribution in [0.1, 0.15) is 36.1 Å². The molecule has 0 saturated carbocycles. The van der Waals surface area contributed by atoms with Crippen LogP contribution in [0, 0.1) is 12.7 Å². The molecule has 1 atom stereocenters. The van der Waals surface area contributed by atoms with Crippen LogP contribution >= 0.6 is 11.6 Å². The highest BCUT2D eigenvalue weighted by Crippen LogP contribution is 2.23. The highest BCUT2D eigenvalue weighted by molar-refractivity contribution is 6.31. The molecule has 0 fully saturated rings. The first-order chi connectivity index (χ1) is 16.3. The van der Waals surface area contributed by atoms with Gasteiger partial charge in [-0.25, -0.2) is 4.39 Å². The molecule has 0 aliphatic rings. The molecule has 0 unspecified atom stereocenters. The van der Waals surface area contributed by atoms with E-state index in [4.69, 9.17) is 11.6 Å². The summed E-state index contributed by atoms with van der Waals surface area (Å²) >= 11 is 6.21. The molecule has 0 bridgehead atoms. The number of carbonyl (C=O) groups is 2. The first kappa shape index (κ1) is 25.4. The van der Waals surface area contributed by atoms with Gasteiger partial charge >= 0.3 is 0 Å². The predicted octanol–water partition coefficient (Wildman–Crippen LogP) is 5.49. The summed E-state index contributed by atoms with van der Waals surface area (Å²) in [5.74, 6) is -1.15. The van der Waals surface area contributed by atoms with Gasteiger partial charge in [-0.1, -0.05) is 72.3 Å². The topological polar surface area (TPSA) is 49.4 Å². The Morgan fingerprint density at radius 1 is 0.971 bits per heavy atom. The van der Waals surface area contributed by atoms with Gasteiger partial charge in [-0.15, -0.1) is 0 Å². The van der Waals surface area contributed by atoms with Crippen molar-refractivity contribution < 1.29 is 14.0 Å². The van der Waals surface area contributed by atoms with Crippen molar-refractivity contribution in [1.29, 1.82) is 0 Å². The van der Waals surface area contributed by atoms with Crippen LogP contribution in [-0.2, 0) is 29.0 Å². The van der Waals surface area contributed by atoms with Crippen molar-refractivity contribution in [2.75, 3.05) is 0 Å². The number of amides is 2. The Morgan fingerprint density at radius 3 is 2.29 bits per heavy atom. The molecule has 0 radical (unpaired) electrons. The Hall–Kier alpha value is -3.18. The van der Waals surface area contributed by atoms with Gasteiger partial charge in [0.2, 0.25) is 11.8 Å². The zero-order valence-electron chi connectivity index (χ0n) is 19.7. The first-order valence-electron chi connectivity index (χ1n) is 11.4. The number of benzene rings is 3. The summed E-state index contributed by atoms with van der Waals surface area (Å²) in [5.41, 5.74) is 2.99. The standard InChI is InChI=1S/C28H30ClFN2O2/c1-19(2)31-28(34)26(16-21-11-5-4-6-12-21)32(18-22-13-8-7-10-20(22)3)27(33)17-23-24(29)14-9-15-25(23)30/h4-15,19,26H,16-18H2,1-3H3,(H,31,34)/t26-/m0/s1. The lowest BCUT2D eigenvalue weighted by atomic mass is 10.00. The fourth-order valence-electron chi connectivity index (χ4n) is 3.86. The number of hydrogen-bond acceptors (Lipinski definition) is 2. The summed E-state index contributed by atoms with van der Waals surface area (Å²) in [6, 6.07) is 20.8. The van der Waals surface area contributed by atoms with Crippen LogP contribution < -0.4 is 5.32 Å². The second kappa shape index (κ2) is 11.8. The highest BCUT2D eigenvalue weighted by Gasteiger charge is 2.31. The molecule has 6 heteroatoms. The van der Waals surface area contributed by atoms with E-state index >= 15 is 0 Å². The third kappa shape index (κ3) is 6.67. The number of nitrogens with zero attached hydrogens (tertiary/aromatic N) is 1. The molecule has 3 aromatic rings. The van der Waals surface area contributed by atoms with Gasteiger partial charge in [0.15, 0.2) is 0 Å². The van der Waals surface area contributed by atoms with Crippen LogP contribution in [0.15, 0.2) is 72.8 Å². The maximum Gasteiger partial charge on any atom is 0.243 e. The van der Waals surface area contributed by atoms with E-state index in [0.717, 1.165) is 16.7 Å². The molecule has 3 rings (SSSR count). The average molecular weight is 481 g/mol. The number of nitrogens with one attached hydrogen (secondary N) is 1. The van der Waals surface area contributed by atoms with Gasteiger partial charge < -0.3 is 10.2 Å².